The molecule has 20 heavy (non-hydrogen) atoms. The topological polar surface area (TPSA) is 46.5 Å². The molecule has 0 aromatic carbocycles. The summed E-state index contributed by atoms with van der Waals surface area (Å²) >= 11 is 7.13. The number of aromatic nitrogens is 4. The monoisotopic (exact) mass is 302 g/mol. The highest BCUT2D eigenvalue weighted by Crippen LogP contribution is 2.23. The summed E-state index contributed by atoms with van der Waals surface area (Å²) in [4.78, 5) is 5.70. The van der Waals surface area contributed by atoms with Gasteiger partial charge < -0.3 is 0 Å². The maximum absolute atomic E-state index is 5.37. The molecular weight excluding hydrogens is 288 g/mol. The molecule has 0 fully saturated rings. The van der Waals surface area contributed by atoms with E-state index in [2.05, 4.69) is 39.6 Å². The standard InChI is InChI=1S/C14H14N4S2/c1-10(9-11-5-4-8-20-11)18-13(16-17-14(18)19)12-6-2-3-7-15-12/h2-8,10H,9H2,1H3,(H,17,19). The molecule has 0 aliphatic rings. The summed E-state index contributed by atoms with van der Waals surface area (Å²) in [6.45, 7) is 2.15. The van der Waals surface area contributed by atoms with Crippen LogP contribution in [-0.4, -0.2) is 19.7 Å². The van der Waals surface area contributed by atoms with Crippen LogP contribution in [0.2, 0.25) is 0 Å². The molecule has 0 amide bonds. The van der Waals surface area contributed by atoms with Crippen LogP contribution in [-0.2, 0) is 6.42 Å². The zero-order valence-corrected chi connectivity index (χ0v) is 12.6. The van der Waals surface area contributed by atoms with Crippen molar-refractivity contribution < 1.29 is 0 Å². The lowest BCUT2D eigenvalue weighted by Gasteiger charge is -2.14. The minimum atomic E-state index is 0.233. The second kappa shape index (κ2) is 5.68. The van der Waals surface area contributed by atoms with Gasteiger partial charge in [0.25, 0.3) is 0 Å². The van der Waals surface area contributed by atoms with Crippen molar-refractivity contribution in [2.24, 2.45) is 0 Å². The fourth-order valence-electron chi connectivity index (χ4n) is 2.20. The molecule has 3 rings (SSSR count). The maximum atomic E-state index is 5.37. The Morgan fingerprint density at radius 3 is 2.95 bits per heavy atom. The first kappa shape index (κ1) is 13.2. The quantitative estimate of drug-likeness (QED) is 0.744. The maximum Gasteiger partial charge on any atom is 0.195 e. The summed E-state index contributed by atoms with van der Waals surface area (Å²) in [7, 11) is 0. The normalized spacial score (nSPS) is 12.4. The summed E-state index contributed by atoms with van der Waals surface area (Å²) in [5, 5.41) is 9.29. The van der Waals surface area contributed by atoms with E-state index in [1.807, 2.05) is 22.8 Å². The minimum absolute atomic E-state index is 0.233. The van der Waals surface area contributed by atoms with Gasteiger partial charge in [-0.05, 0) is 42.7 Å². The Labute approximate surface area is 126 Å². The molecule has 0 aliphatic heterocycles. The third kappa shape index (κ3) is 2.57. The summed E-state index contributed by atoms with van der Waals surface area (Å²) in [5.41, 5.74) is 0.831. The van der Waals surface area contributed by atoms with E-state index in [9.17, 15) is 0 Å². The Morgan fingerprint density at radius 1 is 1.35 bits per heavy atom. The lowest BCUT2D eigenvalue weighted by molar-refractivity contribution is 0.545. The Bertz CT molecular complexity index is 728. The van der Waals surface area contributed by atoms with Crippen molar-refractivity contribution in [2.75, 3.05) is 0 Å². The van der Waals surface area contributed by atoms with Crippen LogP contribution in [0.15, 0.2) is 41.9 Å². The molecule has 0 saturated heterocycles. The van der Waals surface area contributed by atoms with Gasteiger partial charge in [-0.25, -0.2) is 0 Å². The van der Waals surface area contributed by atoms with Gasteiger partial charge in [0, 0.05) is 23.5 Å². The van der Waals surface area contributed by atoms with Crippen molar-refractivity contribution in [2.45, 2.75) is 19.4 Å². The molecule has 0 saturated carbocycles. The highest BCUT2D eigenvalue weighted by molar-refractivity contribution is 7.71. The van der Waals surface area contributed by atoms with Gasteiger partial charge in [-0.15, -0.1) is 11.3 Å². The van der Waals surface area contributed by atoms with Gasteiger partial charge in [-0.2, -0.15) is 5.10 Å². The molecule has 102 valence electrons. The molecule has 1 atom stereocenters. The van der Waals surface area contributed by atoms with Crippen molar-refractivity contribution in [3.63, 3.8) is 0 Å². The van der Waals surface area contributed by atoms with Gasteiger partial charge in [0.05, 0.1) is 0 Å². The molecule has 0 radical (unpaired) electrons. The highest BCUT2D eigenvalue weighted by atomic mass is 32.1. The lowest BCUT2D eigenvalue weighted by atomic mass is 10.2. The first-order valence-corrected chi connectivity index (χ1v) is 7.65. The number of H-pyrrole nitrogens is 1. The van der Waals surface area contributed by atoms with Crippen LogP contribution in [0.3, 0.4) is 0 Å². The van der Waals surface area contributed by atoms with Crippen LogP contribution in [0.4, 0.5) is 0 Å². The molecule has 0 bridgehead atoms. The molecule has 0 aliphatic carbocycles. The number of nitrogens with zero attached hydrogens (tertiary/aromatic N) is 3. The minimum Gasteiger partial charge on any atom is -0.296 e. The predicted octanol–water partition coefficient (Wildman–Crippen LogP) is 3.87. The average molecular weight is 302 g/mol. The third-order valence-corrected chi connectivity index (χ3v) is 4.30. The smallest absolute Gasteiger partial charge is 0.195 e. The number of pyridine rings is 1. The van der Waals surface area contributed by atoms with Crippen LogP contribution < -0.4 is 0 Å². The molecular formula is C14H14N4S2. The van der Waals surface area contributed by atoms with E-state index in [4.69, 9.17) is 12.2 Å². The summed E-state index contributed by atoms with van der Waals surface area (Å²) in [6, 6.07) is 10.2. The number of aromatic amines is 1. The third-order valence-electron chi connectivity index (χ3n) is 3.12. The van der Waals surface area contributed by atoms with Gasteiger partial charge in [0.15, 0.2) is 10.6 Å². The van der Waals surface area contributed by atoms with E-state index < -0.39 is 0 Å². The summed E-state index contributed by atoms with van der Waals surface area (Å²) < 4.78 is 2.67. The summed E-state index contributed by atoms with van der Waals surface area (Å²) in [5.74, 6) is 0.791. The van der Waals surface area contributed by atoms with Crippen LogP contribution in [0, 0.1) is 4.77 Å². The zero-order valence-electron chi connectivity index (χ0n) is 11.0. The van der Waals surface area contributed by atoms with Gasteiger partial charge in [-0.3, -0.25) is 14.6 Å². The Hall–Kier alpha value is -1.79. The Kier molecular flexibility index (Phi) is 3.75. The zero-order chi connectivity index (χ0) is 13.9. The Balaban J connectivity index is 1.97. The van der Waals surface area contributed by atoms with Gasteiger partial charge in [-0.1, -0.05) is 12.1 Å². The van der Waals surface area contributed by atoms with Crippen LogP contribution in [0.25, 0.3) is 11.5 Å². The number of hydrogen-bond acceptors (Lipinski definition) is 4. The van der Waals surface area contributed by atoms with Crippen LogP contribution in [0.1, 0.15) is 17.8 Å². The number of thiophene rings is 1. The number of rotatable bonds is 4. The summed E-state index contributed by atoms with van der Waals surface area (Å²) in [6.07, 6.45) is 2.70. The molecule has 3 aromatic heterocycles. The fraction of sp³-hybridized carbons (Fsp3) is 0.214. The molecule has 1 N–H and O–H groups in total. The Morgan fingerprint density at radius 2 is 2.25 bits per heavy atom. The van der Waals surface area contributed by atoms with E-state index in [0.29, 0.717) is 4.77 Å². The van der Waals surface area contributed by atoms with Gasteiger partial charge in [0.1, 0.15) is 5.69 Å². The number of hydrogen-bond donors (Lipinski definition) is 1. The van der Waals surface area contributed by atoms with Crippen molar-refractivity contribution in [3.8, 4) is 11.5 Å². The van der Waals surface area contributed by atoms with Gasteiger partial charge >= 0.3 is 0 Å². The average Bonchev–Trinajstić information content (AvgIpc) is 3.09. The van der Waals surface area contributed by atoms with E-state index >= 15 is 0 Å². The van der Waals surface area contributed by atoms with E-state index in [-0.39, 0.29) is 6.04 Å². The largest absolute Gasteiger partial charge is 0.296 e. The number of nitrogens with one attached hydrogen (secondary N) is 1. The fourth-order valence-corrected chi connectivity index (χ4v) is 3.34. The second-order valence-corrected chi connectivity index (χ2v) is 5.99. The van der Waals surface area contributed by atoms with Crippen molar-refractivity contribution in [1.29, 1.82) is 0 Å². The first-order valence-electron chi connectivity index (χ1n) is 6.36. The highest BCUT2D eigenvalue weighted by Gasteiger charge is 2.15. The molecule has 1 unspecified atom stereocenters. The lowest BCUT2D eigenvalue weighted by Crippen LogP contribution is -2.10. The SMILES string of the molecule is CC(Cc1cccs1)n1c(-c2ccccn2)n[nH]c1=S. The molecule has 3 heterocycles. The van der Waals surface area contributed by atoms with E-state index in [0.717, 1.165) is 17.9 Å². The van der Waals surface area contributed by atoms with Crippen molar-refractivity contribution in [3.05, 3.63) is 51.6 Å². The van der Waals surface area contributed by atoms with Crippen molar-refractivity contribution in [1.82, 2.24) is 19.7 Å². The first-order chi connectivity index (χ1) is 9.75. The molecule has 0 spiro atoms. The molecule has 4 nitrogen and oxygen atoms in total. The van der Waals surface area contributed by atoms with Crippen LogP contribution >= 0.6 is 23.6 Å². The van der Waals surface area contributed by atoms with Crippen LogP contribution in [0.5, 0.6) is 0 Å². The van der Waals surface area contributed by atoms with Crippen molar-refractivity contribution >= 4 is 23.6 Å². The molecule has 6 heteroatoms. The van der Waals surface area contributed by atoms with E-state index in [1.165, 1.54) is 4.88 Å². The molecule has 3 aromatic rings. The predicted molar refractivity (Wildman–Crippen MR) is 83.4 cm³/mol. The van der Waals surface area contributed by atoms with Gasteiger partial charge in [0.2, 0.25) is 0 Å². The van der Waals surface area contributed by atoms with E-state index in [1.54, 1.807) is 17.5 Å². The second-order valence-electron chi connectivity index (χ2n) is 4.57.